The first kappa shape index (κ1) is 13.9. The highest BCUT2D eigenvalue weighted by Gasteiger charge is 2.41. The molecule has 3 rings (SSSR count). The Hall–Kier alpha value is -2.08. The fourth-order valence-electron chi connectivity index (χ4n) is 3.13. The van der Waals surface area contributed by atoms with E-state index in [2.05, 4.69) is 4.90 Å². The number of rotatable bonds is 2. The molecule has 2 fully saturated rings. The predicted octanol–water partition coefficient (Wildman–Crippen LogP) is 0.324. The average molecular weight is 288 g/mol. The van der Waals surface area contributed by atoms with Gasteiger partial charge in [0.2, 0.25) is 11.8 Å². The van der Waals surface area contributed by atoms with E-state index in [-0.39, 0.29) is 24.3 Å². The number of piperidine rings is 1. The van der Waals surface area contributed by atoms with E-state index in [1.807, 2.05) is 24.3 Å². The number of carbonyl (C=O) groups excluding carboxylic acids is 2. The van der Waals surface area contributed by atoms with Crippen LogP contribution in [0.2, 0.25) is 0 Å². The Labute approximate surface area is 123 Å². The van der Waals surface area contributed by atoms with Gasteiger partial charge in [-0.25, -0.2) is 0 Å². The molecular weight excluding hydrogens is 268 g/mol. The maximum atomic E-state index is 12.0. The summed E-state index contributed by atoms with van der Waals surface area (Å²) in [4.78, 5) is 27.5. The van der Waals surface area contributed by atoms with Gasteiger partial charge in [-0.3, -0.25) is 14.5 Å². The summed E-state index contributed by atoms with van der Waals surface area (Å²) in [5.41, 5.74) is 13.2. The Kier molecular flexibility index (Phi) is 3.55. The number of carbonyl (C=O) groups is 2. The van der Waals surface area contributed by atoms with Crippen LogP contribution in [0.25, 0.3) is 0 Å². The molecule has 0 saturated carbocycles. The van der Waals surface area contributed by atoms with E-state index >= 15 is 0 Å². The van der Waals surface area contributed by atoms with E-state index in [0.717, 1.165) is 37.3 Å². The minimum absolute atomic E-state index is 0.0106. The van der Waals surface area contributed by atoms with E-state index in [1.165, 1.54) is 4.90 Å². The Morgan fingerprint density at radius 1 is 1.05 bits per heavy atom. The van der Waals surface area contributed by atoms with E-state index in [0.29, 0.717) is 0 Å². The van der Waals surface area contributed by atoms with Gasteiger partial charge in [0.15, 0.2) is 0 Å². The Balaban J connectivity index is 1.64. The minimum atomic E-state index is -0.646. The van der Waals surface area contributed by atoms with E-state index in [1.54, 1.807) is 0 Å². The van der Waals surface area contributed by atoms with Crippen molar-refractivity contribution < 1.29 is 9.59 Å². The molecule has 0 bridgehead atoms. The summed E-state index contributed by atoms with van der Waals surface area (Å²) in [7, 11) is 0. The van der Waals surface area contributed by atoms with E-state index in [9.17, 15) is 9.59 Å². The van der Waals surface area contributed by atoms with Crippen molar-refractivity contribution in [2.45, 2.75) is 31.3 Å². The van der Waals surface area contributed by atoms with Gasteiger partial charge in [0.05, 0.1) is 12.5 Å². The van der Waals surface area contributed by atoms with Crippen LogP contribution in [0.4, 0.5) is 11.4 Å². The number of likely N-dealkylation sites (tertiary alicyclic amines) is 1. The fourth-order valence-corrected chi connectivity index (χ4v) is 3.13. The second-order valence-electron chi connectivity index (χ2n) is 5.72. The molecule has 2 aliphatic rings. The maximum absolute atomic E-state index is 12.0. The molecule has 1 aromatic carbocycles. The lowest BCUT2D eigenvalue weighted by molar-refractivity contribution is -0.141. The first-order chi connectivity index (χ1) is 10.1. The van der Waals surface area contributed by atoms with Gasteiger partial charge in [0, 0.05) is 30.5 Å². The number of nitrogens with two attached hydrogens (primary N) is 2. The van der Waals surface area contributed by atoms with Crippen molar-refractivity contribution in [3.8, 4) is 0 Å². The average Bonchev–Trinajstić information content (AvgIpc) is 2.73. The van der Waals surface area contributed by atoms with Gasteiger partial charge in [-0.2, -0.15) is 0 Å². The van der Waals surface area contributed by atoms with Crippen LogP contribution < -0.4 is 16.4 Å². The second-order valence-corrected chi connectivity index (χ2v) is 5.72. The zero-order valence-electron chi connectivity index (χ0n) is 11.9. The third-order valence-corrected chi connectivity index (χ3v) is 4.31. The van der Waals surface area contributed by atoms with Crippen molar-refractivity contribution in [2.24, 2.45) is 5.73 Å². The SMILES string of the molecule is Nc1ccc(N2CCC(N3C(=O)CC(N)C3=O)CC2)cc1. The highest BCUT2D eigenvalue weighted by molar-refractivity contribution is 6.05. The molecule has 1 atom stereocenters. The lowest BCUT2D eigenvalue weighted by atomic mass is 10.0. The summed E-state index contributed by atoms with van der Waals surface area (Å²) in [6.45, 7) is 1.64. The summed E-state index contributed by atoms with van der Waals surface area (Å²) in [5, 5.41) is 0. The van der Waals surface area contributed by atoms with Crippen molar-refractivity contribution in [3.63, 3.8) is 0 Å². The summed E-state index contributed by atoms with van der Waals surface area (Å²) < 4.78 is 0. The van der Waals surface area contributed by atoms with Crippen LogP contribution in [-0.2, 0) is 9.59 Å². The maximum Gasteiger partial charge on any atom is 0.246 e. The molecule has 2 aliphatic heterocycles. The highest BCUT2D eigenvalue weighted by atomic mass is 16.2. The summed E-state index contributed by atoms with van der Waals surface area (Å²) >= 11 is 0. The van der Waals surface area contributed by atoms with Crippen LogP contribution in [0, 0.1) is 0 Å². The van der Waals surface area contributed by atoms with Gasteiger partial charge in [0.25, 0.3) is 0 Å². The highest BCUT2D eigenvalue weighted by Crippen LogP contribution is 2.26. The van der Waals surface area contributed by atoms with Gasteiger partial charge in [-0.1, -0.05) is 0 Å². The lowest BCUT2D eigenvalue weighted by Gasteiger charge is -2.37. The summed E-state index contributed by atoms with van der Waals surface area (Å²) in [6, 6.07) is 7.11. The molecule has 2 heterocycles. The number of imide groups is 1. The third-order valence-electron chi connectivity index (χ3n) is 4.31. The first-order valence-electron chi connectivity index (χ1n) is 7.28. The molecule has 0 aromatic heterocycles. The molecule has 21 heavy (non-hydrogen) atoms. The summed E-state index contributed by atoms with van der Waals surface area (Å²) in [6.07, 6.45) is 1.72. The molecule has 1 aromatic rings. The van der Waals surface area contributed by atoms with Crippen LogP contribution >= 0.6 is 0 Å². The normalized spacial score (nSPS) is 24.0. The van der Waals surface area contributed by atoms with E-state index < -0.39 is 6.04 Å². The monoisotopic (exact) mass is 288 g/mol. The quantitative estimate of drug-likeness (QED) is 0.604. The molecule has 6 heteroatoms. The van der Waals surface area contributed by atoms with Gasteiger partial charge < -0.3 is 16.4 Å². The Bertz CT molecular complexity index is 549. The molecule has 6 nitrogen and oxygen atoms in total. The molecule has 0 aliphatic carbocycles. The van der Waals surface area contributed by atoms with Crippen LogP contribution in [0.15, 0.2) is 24.3 Å². The lowest BCUT2D eigenvalue weighted by Crippen LogP contribution is -2.48. The first-order valence-corrected chi connectivity index (χ1v) is 7.28. The second kappa shape index (κ2) is 5.37. The van der Waals surface area contributed by atoms with Crippen molar-refractivity contribution in [3.05, 3.63) is 24.3 Å². The number of hydrogen-bond acceptors (Lipinski definition) is 5. The molecule has 2 amide bonds. The van der Waals surface area contributed by atoms with Crippen LogP contribution in [-0.4, -0.2) is 41.9 Å². The molecule has 4 N–H and O–H groups in total. The topological polar surface area (TPSA) is 92.7 Å². The molecular formula is C15H20N4O2. The van der Waals surface area contributed by atoms with Crippen LogP contribution in [0.5, 0.6) is 0 Å². The number of amides is 2. The minimum Gasteiger partial charge on any atom is -0.399 e. The van der Waals surface area contributed by atoms with Crippen molar-refractivity contribution in [2.75, 3.05) is 23.7 Å². The zero-order chi connectivity index (χ0) is 15.0. The van der Waals surface area contributed by atoms with Crippen molar-refractivity contribution >= 4 is 23.2 Å². The van der Waals surface area contributed by atoms with E-state index in [4.69, 9.17) is 11.5 Å². The van der Waals surface area contributed by atoms with Gasteiger partial charge in [0.1, 0.15) is 0 Å². The number of anilines is 2. The van der Waals surface area contributed by atoms with Crippen molar-refractivity contribution in [1.82, 2.24) is 4.90 Å². The number of benzene rings is 1. The molecule has 1 unspecified atom stereocenters. The smallest absolute Gasteiger partial charge is 0.246 e. The molecule has 0 spiro atoms. The molecule has 0 radical (unpaired) electrons. The Morgan fingerprint density at radius 3 is 2.19 bits per heavy atom. The predicted molar refractivity (Wildman–Crippen MR) is 80.5 cm³/mol. The van der Waals surface area contributed by atoms with Crippen LogP contribution in [0.1, 0.15) is 19.3 Å². The zero-order valence-corrected chi connectivity index (χ0v) is 11.9. The standard InChI is InChI=1S/C15H20N4O2/c16-10-1-3-11(4-2-10)18-7-5-12(6-8-18)19-14(20)9-13(17)15(19)21/h1-4,12-13H,5-9,16-17H2. The number of nitrogen functional groups attached to an aromatic ring is 1. The fraction of sp³-hybridized carbons (Fsp3) is 0.467. The third kappa shape index (κ3) is 2.58. The molecule has 112 valence electrons. The number of nitrogens with zero attached hydrogens (tertiary/aromatic N) is 2. The molecule has 2 saturated heterocycles. The van der Waals surface area contributed by atoms with Crippen LogP contribution in [0.3, 0.4) is 0 Å². The van der Waals surface area contributed by atoms with Crippen molar-refractivity contribution in [1.29, 1.82) is 0 Å². The van der Waals surface area contributed by atoms with Gasteiger partial charge in [-0.05, 0) is 37.1 Å². The summed E-state index contributed by atoms with van der Waals surface area (Å²) in [5.74, 6) is -0.343. The number of hydrogen-bond donors (Lipinski definition) is 2. The van der Waals surface area contributed by atoms with Gasteiger partial charge >= 0.3 is 0 Å². The van der Waals surface area contributed by atoms with Gasteiger partial charge in [-0.15, -0.1) is 0 Å². The largest absolute Gasteiger partial charge is 0.399 e. The Morgan fingerprint density at radius 2 is 1.67 bits per heavy atom.